The molecule has 0 atom stereocenters. The number of ether oxygens (including phenoxy) is 2. The molecule has 4 nitrogen and oxygen atoms in total. The first-order valence-electron chi connectivity index (χ1n) is 3.90. The summed E-state index contributed by atoms with van der Waals surface area (Å²) in [4.78, 5) is 26.0. The van der Waals surface area contributed by atoms with Crippen LogP contribution in [-0.4, -0.2) is 45.9 Å². The molecule has 0 saturated heterocycles. The Hall–Kier alpha value is -0.521. The predicted molar refractivity (Wildman–Crippen MR) is 51.0 cm³/mol. The van der Waals surface area contributed by atoms with Crippen LogP contribution in [0.2, 0.25) is 9.88 Å². The van der Waals surface area contributed by atoms with Crippen molar-refractivity contribution in [2.24, 2.45) is 0 Å². The molecule has 0 heterocycles. The number of rotatable bonds is 3. The van der Waals surface area contributed by atoms with Crippen molar-refractivity contribution in [3.8, 4) is 0 Å². The van der Waals surface area contributed by atoms with Gasteiger partial charge in [0.2, 0.25) is 0 Å². The van der Waals surface area contributed by atoms with E-state index in [1.807, 2.05) is 9.88 Å². The van der Waals surface area contributed by atoms with Crippen LogP contribution >= 0.6 is 0 Å². The summed E-state index contributed by atoms with van der Waals surface area (Å²) in [6, 6.07) is 0. The van der Waals surface area contributed by atoms with Crippen LogP contribution < -0.4 is 0 Å². The Balaban J connectivity index is 4.70. The molecule has 5 heteroatoms. The fraction of sp³-hybridized carbons (Fsp3) is 0.500. The van der Waals surface area contributed by atoms with E-state index in [9.17, 15) is 9.59 Å². The predicted octanol–water partition coefficient (Wildman–Crippen LogP) is 0.285. The molecule has 0 radical (unpaired) electrons. The van der Waals surface area contributed by atoms with Crippen molar-refractivity contribution < 1.29 is 19.1 Å². The Kier molecular flexibility index (Phi) is 5.77. The maximum absolute atomic E-state index is 11.2. The van der Waals surface area contributed by atoms with Gasteiger partial charge in [-0.05, 0) is 0 Å². The Labute approximate surface area is 84.6 Å². The maximum atomic E-state index is 11.2. The van der Waals surface area contributed by atoms with E-state index in [1.165, 1.54) is 20.3 Å². The molecule has 0 aliphatic carbocycles. The molecule has 0 rings (SSSR count). The van der Waals surface area contributed by atoms with Crippen molar-refractivity contribution in [1.82, 2.24) is 0 Å². The van der Waals surface area contributed by atoms with Crippen LogP contribution in [-0.2, 0) is 19.1 Å². The van der Waals surface area contributed by atoms with Gasteiger partial charge < -0.3 is 0 Å². The van der Waals surface area contributed by atoms with Crippen LogP contribution in [0.25, 0.3) is 0 Å². The van der Waals surface area contributed by atoms with Crippen LogP contribution in [0.3, 0.4) is 0 Å². The molecule has 13 heavy (non-hydrogen) atoms. The molecule has 0 spiro atoms. The molecule has 0 aliphatic rings. The summed E-state index contributed by atoms with van der Waals surface area (Å²) in [6.07, 6.45) is 1.24. The zero-order chi connectivity index (χ0) is 10.4. The molecule has 0 fully saturated rings. The summed E-state index contributed by atoms with van der Waals surface area (Å²) in [7, 11) is 2.59. The van der Waals surface area contributed by atoms with Gasteiger partial charge in [-0.1, -0.05) is 0 Å². The molecule has 0 aromatic rings. The van der Waals surface area contributed by atoms with Gasteiger partial charge in [0.15, 0.2) is 0 Å². The third-order valence-corrected chi connectivity index (χ3v) is 6.22. The van der Waals surface area contributed by atoms with Crippen LogP contribution in [0.1, 0.15) is 0 Å². The van der Waals surface area contributed by atoms with Gasteiger partial charge in [0, 0.05) is 0 Å². The third-order valence-electron chi connectivity index (χ3n) is 1.52. The van der Waals surface area contributed by atoms with Gasteiger partial charge in [-0.2, -0.15) is 0 Å². The molecule has 0 aromatic carbocycles. The molecule has 0 aromatic heterocycles. The minimum absolute atomic E-state index is 0.406. The van der Waals surface area contributed by atoms with E-state index in [1.54, 1.807) is 0 Å². The summed E-state index contributed by atoms with van der Waals surface area (Å²) in [6.45, 7) is 0. The zero-order valence-electron chi connectivity index (χ0n) is 8.29. The molecule has 0 N–H and O–H groups in total. The van der Waals surface area contributed by atoms with Gasteiger partial charge in [-0.25, -0.2) is 0 Å². The molecular formula is C8H14O4Sn. The first-order chi connectivity index (χ1) is 6.02. The SMILES string of the molecule is COC(=O)/C=[C](\C(=O)OC)[SnH]([CH3])[CH3]. The van der Waals surface area contributed by atoms with E-state index in [2.05, 4.69) is 9.47 Å². The standard InChI is InChI=1S/C6H7O4.2CH3.Sn.H/c1-9-5(7)3-4-6(8)10-2;;;;/h3H,1-2H3;2*1H3;;. The van der Waals surface area contributed by atoms with E-state index in [0.717, 1.165) is 0 Å². The van der Waals surface area contributed by atoms with Crippen molar-refractivity contribution in [2.45, 2.75) is 9.88 Å². The number of esters is 2. The fourth-order valence-electron chi connectivity index (χ4n) is 0.765. The van der Waals surface area contributed by atoms with E-state index in [0.29, 0.717) is 3.59 Å². The second-order valence-corrected chi connectivity index (χ2v) is 11.1. The van der Waals surface area contributed by atoms with Crippen molar-refractivity contribution >= 4 is 31.7 Å². The van der Waals surface area contributed by atoms with E-state index >= 15 is 0 Å². The Bertz CT molecular complexity index is 232. The summed E-state index contributed by atoms with van der Waals surface area (Å²) < 4.78 is 9.52. The summed E-state index contributed by atoms with van der Waals surface area (Å²) >= 11 is -2.00. The molecular weight excluding hydrogens is 279 g/mol. The molecule has 0 unspecified atom stereocenters. The van der Waals surface area contributed by atoms with Crippen LogP contribution in [0.5, 0.6) is 0 Å². The second-order valence-electron chi connectivity index (χ2n) is 2.77. The summed E-state index contributed by atoms with van der Waals surface area (Å²) in [5, 5.41) is 0. The second kappa shape index (κ2) is 6.01. The van der Waals surface area contributed by atoms with E-state index in [-0.39, 0.29) is 0 Å². The van der Waals surface area contributed by atoms with Gasteiger partial charge in [-0.3, -0.25) is 0 Å². The van der Waals surface area contributed by atoms with E-state index in [4.69, 9.17) is 0 Å². The average molecular weight is 293 g/mol. The van der Waals surface area contributed by atoms with Crippen molar-refractivity contribution in [3.05, 3.63) is 9.67 Å². The Morgan fingerprint density at radius 2 is 1.69 bits per heavy atom. The Morgan fingerprint density at radius 1 is 1.15 bits per heavy atom. The molecule has 0 amide bonds. The number of carbonyl (C=O) groups is 2. The van der Waals surface area contributed by atoms with Crippen molar-refractivity contribution in [2.75, 3.05) is 14.2 Å². The van der Waals surface area contributed by atoms with Gasteiger partial charge in [0.05, 0.1) is 0 Å². The first kappa shape index (κ1) is 12.5. The summed E-state index contributed by atoms with van der Waals surface area (Å²) in [5.74, 6) is -0.901. The summed E-state index contributed by atoms with van der Waals surface area (Å²) in [5.41, 5.74) is 0. The van der Waals surface area contributed by atoms with Gasteiger partial charge in [0.25, 0.3) is 0 Å². The molecule has 0 saturated carbocycles. The quantitative estimate of drug-likeness (QED) is 0.426. The van der Waals surface area contributed by atoms with Gasteiger partial charge in [-0.15, -0.1) is 0 Å². The fourth-order valence-corrected chi connectivity index (χ4v) is 3.79. The first-order valence-corrected chi connectivity index (χ1v) is 12.1. The van der Waals surface area contributed by atoms with Crippen LogP contribution in [0.15, 0.2) is 9.67 Å². The van der Waals surface area contributed by atoms with Crippen molar-refractivity contribution in [1.29, 1.82) is 0 Å². The van der Waals surface area contributed by atoms with Crippen LogP contribution in [0, 0.1) is 0 Å². The van der Waals surface area contributed by atoms with E-state index < -0.39 is 31.7 Å². The average Bonchev–Trinajstić information content (AvgIpc) is 2.11. The molecule has 0 bridgehead atoms. The molecule has 74 valence electrons. The minimum atomic E-state index is -2.00. The number of hydrogen-bond acceptors (Lipinski definition) is 4. The molecule has 0 aliphatic heterocycles. The third kappa shape index (κ3) is 4.30. The zero-order valence-corrected chi connectivity index (χ0v) is 11.6. The Morgan fingerprint density at radius 3 is 2.00 bits per heavy atom. The van der Waals surface area contributed by atoms with Crippen molar-refractivity contribution in [3.63, 3.8) is 0 Å². The number of methoxy groups -OCH3 is 2. The van der Waals surface area contributed by atoms with Gasteiger partial charge >= 0.3 is 84.5 Å². The monoisotopic (exact) mass is 294 g/mol. The topological polar surface area (TPSA) is 52.6 Å². The van der Waals surface area contributed by atoms with Crippen LogP contribution in [0.4, 0.5) is 0 Å². The van der Waals surface area contributed by atoms with Gasteiger partial charge in [0.1, 0.15) is 0 Å². The normalized spacial score (nSPS) is 11.3. The number of carbonyl (C=O) groups excluding carboxylic acids is 2. The number of hydrogen-bond donors (Lipinski definition) is 0.